The van der Waals surface area contributed by atoms with Crippen LogP contribution >= 0.6 is 0 Å². The normalized spacial score (nSPS) is 11.4. The number of amides is 2. The largest absolute Gasteiger partial charge is 0.481 e. The Morgan fingerprint density at radius 1 is 1.06 bits per heavy atom. The van der Waals surface area contributed by atoms with E-state index in [1.54, 1.807) is 6.07 Å². The Bertz CT molecular complexity index is 1030. The monoisotopic (exact) mass is 455 g/mol. The number of aliphatic carboxylic acids is 1. The molecule has 1 unspecified atom stereocenters. The van der Waals surface area contributed by atoms with Gasteiger partial charge in [-0.25, -0.2) is 0 Å². The highest BCUT2D eigenvalue weighted by molar-refractivity contribution is 5.90. The quantitative estimate of drug-likeness (QED) is 0.395. The average Bonchev–Trinajstić information content (AvgIpc) is 2.79. The van der Waals surface area contributed by atoms with Crippen molar-refractivity contribution in [1.82, 2.24) is 9.88 Å². The topological polar surface area (TPSA) is 135 Å². The van der Waals surface area contributed by atoms with Gasteiger partial charge in [-0.05, 0) is 37.0 Å². The van der Waals surface area contributed by atoms with Gasteiger partial charge in [0.25, 0.3) is 5.56 Å². The molecule has 0 saturated heterocycles. The summed E-state index contributed by atoms with van der Waals surface area (Å²) in [5.74, 6) is -2.22. The van der Waals surface area contributed by atoms with Crippen molar-refractivity contribution in [2.24, 2.45) is 0 Å². The van der Waals surface area contributed by atoms with Crippen LogP contribution < -0.4 is 16.2 Å². The number of rotatable bonds is 13. The standard InChI is InChI=1S/C24H29N3O6/c1-2-3-9-19-11-12-20(26-21(29)13-10-17-7-5-4-6-8-17)24(33)27(19)15-22(30)25-18(16-28)14-23(31)32/h4-8,11-12,16,18H,2-3,9-10,13-15H2,1H3,(H,25,30)(H,26,29)(H,31,32). The second kappa shape index (κ2) is 12.9. The number of carboxylic acid groups (broad SMARTS) is 1. The molecule has 1 aromatic carbocycles. The molecule has 0 spiro atoms. The van der Waals surface area contributed by atoms with Crippen LogP contribution in [0.25, 0.3) is 0 Å². The van der Waals surface area contributed by atoms with Crippen molar-refractivity contribution >= 4 is 29.8 Å². The predicted molar refractivity (Wildman–Crippen MR) is 123 cm³/mol. The van der Waals surface area contributed by atoms with Crippen LogP contribution in [-0.4, -0.2) is 39.8 Å². The highest BCUT2D eigenvalue weighted by Gasteiger charge is 2.18. The van der Waals surface area contributed by atoms with Gasteiger partial charge in [0.05, 0.1) is 12.5 Å². The van der Waals surface area contributed by atoms with E-state index in [0.29, 0.717) is 24.8 Å². The molecule has 9 heteroatoms. The first kappa shape index (κ1) is 25.5. The van der Waals surface area contributed by atoms with Gasteiger partial charge in [-0.2, -0.15) is 0 Å². The summed E-state index contributed by atoms with van der Waals surface area (Å²) >= 11 is 0. The van der Waals surface area contributed by atoms with Gasteiger partial charge in [0.1, 0.15) is 18.5 Å². The molecular formula is C24H29N3O6. The Morgan fingerprint density at radius 2 is 1.79 bits per heavy atom. The number of anilines is 1. The second-order valence-electron chi connectivity index (χ2n) is 7.67. The lowest BCUT2D eigenvalue weighted by atomic mass is 10.1. The molecule has 33 heavy (non-hydrogen) atoms. The maximum absolute atomic E-state index is 13.0. The molecule has 2 rings (SSSR count). The van der Waals surface area contributed by atoms with E-state index >= 15 is 0 Å². The molecule has 1 aromatic heterocycles. The van der Waals surface area contributed by atoms with E-state index in [-0.39, 0.29) is 18.0 Å². The minimum absolute atomic E-state index is 0.0542. The van der Waals surface area contributed by atoms with Crippen molar-refractivity contribution in [3.63, 3.8) is 0 Å². The van der Waals surface area contributed by atoms with E-state index in [4.69, 9.17) is 5.11 Å². The number of pyridine rings is 1. The molecule has 0 radical (unpaired) electrons. The molecule has 0 aliphatic carbocycles. The van der Waals surface area contributed by atoms with Crippen LogP contribution in [0.2, 0.25) is 0 Å². The molecule has 1 heterocycles. The molecule has 0 fully saturated rings. The molecule has 9 nitrogen and oxygen atoms in total. The number of hydrogen-bond donors (Lipinski definition) is 3. The van der Waals surface area contributed by atoms with Crippen LogP contribution in [0.1, 0.15) is 43.9 Å². The third kappa shape index (κ3) is 8.36. The van der Waals surface area contributed by atoms with E-state index in [0.717, 1.165) is 18.4 Å². The van der Waals surface area contributed by atoms with Gasteiger partial charge in [-0.15, -0.1) is 0 Å². The molecule has 1 atom stereocenters. The molecule has 2 amide bonds. The Balaban J connectivity index is 2.15. The van der Waals surface area contributed by atoms with Crippen LogP contribution in [-0.2, 0) is 38.6 Å². The SMILES string of the molecule is CCCCc1ccc(NC(=O)CCc2ccccc2)c(=O)n1CC(=O)NC(C=O)CC(=O)O. The summed E-state index contributed by atoms with van der Waals surface area (Å²) in [6, 6.07) is 11.5. The Morgan fingerprint density at radius 3 is 2.42 bits per heavy atom. The van der Waals surface area contributed by atoms with Gasteiger partial charge in [-0.3, -0.25) is 19.2 Å². The summed E-state index contributed by atoms with van der Waals surface area (Å²) in [6.07, 6.45) is 2.73. The van der Waals surface area contributed by atoms with Crippen LogP contribution in [0.5, 0.6) is 0 Å². The van der Waals surface area contributed by atoms with Crippen LogP contribution in [0.4, 0.5) is 5.69 Å². The summed E-state index contributed by atoms with van der Waals surface area (Å²) in [5, 5.41) is 13.8. The van der Waals surface area contributed by atoms with E-state index < -0.39 is 36.4 Å². The Hall–Kier alpha value is -3.75. The molecule has 0 aliphatic rings. The highest BCUT2D eigenvalue weighted by Crippen LogP contribution is 2.10. The van der Waals surface area contributed by atoms with Crippen molar-refractivity contribution in [3.05, 3.63) is 64.1 Å². The number of unbranched alkanes of at least 4 members (excludes halogenated alkanes) is 1. The van der Waals surface area contributed by atoms with Crippen molar-refractivity contribution < 1.29 is 24.3 Å². The fourth-order valence-corrected chi connectivity index (χ4v) is 3.29. The van der Waals surface area contributed by atoms with Gasteiger partial charge in [0.15, 0.2) is 0 Å². The van der Waals surface area contributed by atoms with E-state index in [1.165, 1.54) is 10.6 Å². The first-order valence-corrected chi connectivity index (χ1v) is 10.9. The van der Waals surface area contributed by atoms with Crippen LogP contribution in [0, 0.1) is 0 Å². The molecule has 0 aliphatic heterocycles. The fourth-order valence-electron chi connectivity index (χ4n) is 3.29. The Kier molecular flexibility index (Phi) is 10.0. The number of aldehydes is 1. The molecule has 0 saturated carbocycles. The smallest absolute Gasteiger partial charge is 0.305 e. The zero-order valence-electron chi connectivity index (χ0n) is 18.6. The third-order valence-electron chi connectivity index (χ3n) is 5.02. The number of carbonyl (C=O) groups is 4. The Labute approximate surface area is 191 Å². The van der Waals surface area contributed by atoms with Crippen LogP contribution in [0.15, 0.2) is 47.3 Å². The van der Waals surface area contributed by atoms with Gasteiger partial charge in [0, 0.05) is 12.1 Å². The van der Waals surface area contributed by atoms with Crippen LogP contribution in [0.3, 0.4) is 0 Å². The van der Waals surface area contributed by atoms with Crippen molar-refractivity contribution in [2.45, 2.75) is 58.0 Å². The average molecular weight is 456 g/mol. The number of aromatic nitrogens is 1. The number of carboxylic acids is 1. The molecule has 2 aromatic rings. The number of nitrogens with zero attached hydrogens (tertiary/aromatic N) is 1. The first-order valence-electron chi connectivity index (χ1n) is 10.9. The number of aryl methyl sites for hydroxylation is 2. The molecule has 176 valence electrons. The summed E-state index contributed by atoms with van der Waals surface area (Å²) in [6.45, 7) is 1.60. The second-order valence-corrected chi connectivity index (χ2v) is 7.67. The summed E-state index contributed by atoms with van der Waals surface area (Å²) < 4.78 is 1.25. The predicted octanol–water partition coefficient (Wildman–Crippen LogP) is 1.92. The number of benzene rings is 1. The third-order valence-corrected chi connectivity index (χ3v) is 5.02. The number of carbonyl (C=O) groups excluding carboxylic acids is 3. The zero-order chi connectivity index (χ0) is 24.2. The molecular weight excluding hydrogens is 426 g/mol. The van der Waals surface area contributed by atoms with Gasteiger partial charge >= 0.3 is 5.97 Å². The molecule has 3 N–H and O–H groups in total. The molecule has 0 bridgehead atoms. The van der Waals surface area contributed by atoms with Gasteiger partial charge in [0.2, 0.25) is 11.8 Å². The number of hydrogen-bond acceptors (Lipinski definition) is 5. The van der Waals surface area contributed by atoms with E-state index in [1.807, 2.05) is 37.3 Å². The number of nitrogens with one attached hydrogen (secondary N) is 2. The maximum atomic E-state index is 13.0. The maximum Gasteiger partial charge on any atom is 0.305 e. The first-order chi connectivity index (χ1) is 15.8. The van der Waals surface area contributed by atoms with E-state index in [2.05, 4.69) is 10.6 Å². The summed E-state index contributed by atoms with van der Waals surface area (Å²) in [4.78, 5) is 59.7. The van der Waals surface area contributed by atoms with Gasteiger partial charge in [-0.1, -0.05) is 43.7 Å². The fraction of sp³-hybridized carbons (Fsp3) is 0.375. The minimum atomic E-state index is -1.23. The minimum Gasteiger partial charge on any atom is -0.481 e. The van der Waals surface area contributed by atoms with Gasteiger partial charge < -0.3 is 25.1 Å². The summed E-state index contributed by atoms with van der Waals surface area (Å²) in [5.41, 5.74) is 1.13. The zero-order valence-corrected chi connectivity index (χ0v) is 18.6. The van der Waals surface area contributed by atoms with Crippen molar-refractivity contribution in [1.29, 1.82) is 0 Å². The lowest BCUT2D eigenvalue weighted by Gasteiger charge is -2.16. The van der Waals surface area contributed by atoms with E-state index in [9.17, 15) is 24.0 Å². The van der Waals surface area contributed by atoms with Crippen molar-refractivity contribution in [3.8, 4) is 0 Å². The lowest BCUT2D eigenvalue weighted by Crippen LogP contribution is -2.41. The summed E-state index contributed by atoms with van der Waals surface area (Å²) in [7, 11) is 0. The highest BCUT2D eigenvalue weighted by atomic mass is 16.4. The lowest BCUT2D eigenvalue weighted by molar-refractivity contribution is -0.138. The van der Waals surface area contributed by atoms with Crippen molar-refractivity contribution in [2.75, 3.05) is 5.32 Å².